The number of amides is 1. The molecule has 1 N–H and O–H groups in total. The van der Waals surface area contributed by atoms with Gasteiger partial charge in [-0.05, 0) is 81.0 Å². The van der Waals surface area contributed by atoms with Gasteiger partial charge in [0.25, 0.3) is 5.91 Å². The summed E-state index contributed by atoms with van der Waals surface area (Å²) in [6, 6.07) is 18.5. The Morgan fingerprint density at radius 1 is 1.12 bits per heavy atom. The smallest absolute Gasteiger partial charge is 0.251 e. The Kier molecular flexibility index (Phi) is 6.63. The van der Waals surface area contributed by atoms with E-state index in [1.54, 1.807) is 0 Å². The summed E-state index contributed by atoms with van der Waals surface area (Å²) in [4.78, 5) is 15.2. The minimum absolute atomic E-state index is 0.0498. The number of nitrogens with zero attached hydrogens (tertiary/aromatic N) is 3. The number of hydrogen-bond acceptors (Lipinski definition) is 3. The monoisotopic (exact) mass is 430 g/mol. The zero-order valence-corrected chi connectivity index (χ0v) is 19.6. The first-order valence-electron chi connectivity index (χ1n) is 11.6. The van der Waals surface area contributed by atoms with Gasteiger partial charge in [-0.2, -0.15) is 5.10 Å². The number of carbonyl (C=O) groups excluding carboxylic acids is 1. The first-order chi connectivity index (χ1) is 15.4. The third-order valence-electron chi connectivity index (χ3n) is 6.41. The number of aryl methyl sites for hydroxylation is 2. The van der Waals surface area contributed by atoms with E-state index < -0.39 is 0 Å². The average Bonchev–Trinajstić information content (AvgIpc) is 3.10. The highest BCUT2D eigenvalue weighted by atomic mass is 16.1. The molecule has 1 amide bonds. The first kappa shape index (κ1) is 22.1. The molecule has 0 radical (unpaired) electrons. The van der Waals surface area contributed by atoms with Gasteiger partial charge in [0.05, 0.1) is 18.3 Å². The van der Waals surface area contributed by atoms with E-state index in [2.05, 4.69) is 59.5 Å². The molecule has 0 saturated carbocycles. The summed E-state index contributed by atoms with van der Waals surface area (Å²) < 4.78 is 1.99. The first-order valence-corrected chi connectivity index (χ1v) is 11.6. The van der Waals surface area contributed by atoms with Crippen LogP contribution in [0.25, 0.3) is 0 Å². The van der Waals surface area contributed by atoms with Crippen LogP contribution in [0.5, 0.6) is 0 Å². The lowest BCUT2D eigenvalue weighted by Crippen LogP contribution is -2.34. The highest BCUT2D eigenvalue weighted by Crippen LogP contribution is 2.24. The molecule has 1 aliphatic rings. The van der Waals surface area contributed by atoms with Gasteiger partial charge in [0.2, 0.25) is 0 Å². The molecule has 5 nitrogen and oxygen atoms in total. The van der Waals surface area contributed by atoms with Crippen molar-refractivity contribution in [3.05, 3.63) is 82.7 Å². The summed E-state index contributed by atoms with van der Waals surface area (Å²) in [7, 11) is 0. The van der Waals surface area contributed by atoms with Crippen LogP contribution in [0.15, 0.2) is 54.6 Å². The van der Waals surface area contributed by atoms with Gasteiger partial charge in [-0.1, -0.05) is 31.2 Å². The summed E-state index contributed by atoms with van der Waals surface area (Å²) >= 11 is 0. The Morgan fingerprint density at radius 2 is 1.84 bits per heavy atom. The van der Waals surface area contributed by atoms with Crippen LogP contribution in [0.1, 0.15) is 65.6 Å². The highest BCUT2D eigenvalue weighted by Gasteiger charge is 2.17. The van der Waals surface area contributed by atoms with E-state index in [1.807, 2.05) is 42.8 Å². The molecule has 0 bridgehead atoms. The number of hydrogen-bond donors (Lipinski definition) is 1. The predicted octanol–water partition coefficient (Wildman–Crippen LogP) is 5.28. The maximum Gasteiger partial charge on any atom is 0.251 e. The fraction of sp³-hybridized carbons (Fsp3) is 0.407. The Labute approximate surface area is 191 Å². The van der Waals surface area contributed by atoms with E-state index in [4.69, 9.17) is 0 Å². The Hall–Kier alpha value is -3.08. The molecule has 1 fully saturated rings. The lowest BCUT2D eigenvalue weighted by Gasteiger charge is -2.33. The number of aromatic nitrogens is 2. The van der Waals surface area contributed by atoms with E-state index in [1.165, 1.54) is 18.5 Å². The number of benzene rings is 2. The molecule has 4 rings (SSSR count). The van der Waals surface area contributed by atoms with Crippen molar-refractivity contribution >= 4 is 11.6 Å². The van der Waals surface area contributed by atoms with Crippen LogP contribution in [0.3, 0.4) is 0 Å². The molecule has 0 spiro atoms. The van der Waals surface area contributed by atoms with Gasteiger partial charge in [0.15, 0.2) is 0 Å². The highest BCUT2D eigenvalue weighted by molar-refractivity contribution is 5.94. The van der Waals surface area contributed by atoms with Gasteiger partial charge in [-0.15, -0.1) is 0 Å². The van der Waals surface area contributed by atoms with Gasteiger partial charge in [-0.3, -0.25) is 9.48 Å². The molecule has 1 aromatic heterocycles. The van der Waals surface area contributed by atoms with Gasteiger partial charge < -0.3 is 10.2 Å². The third-order valence-corrected chi connectivity index (χ3v) is 6.41. The molecule has 168 valence electrons. The van der Waals surface area contributed by atoms with E-state index in [9.17, 15) is 4.79 Å². The predicted molar refractivity (Wildman–Crippen MR) is 130 cm³/mol. The fourth-order valence-corrected chi connectivity index (χ4v) is 4.53. The molecular formula is C27H34N4O. The third kappa shape index (κ3) is 5.21. The van der Waals surface area contributed by atoms with Crippen LogP contribution in [-0.2, 0) is 6.54 Å². The van der Waals surface area contributed by atoms with Crippen molar-refractivity contribution in [1.29, 1.82) is 0 Å². The zero-order chi connectivity index (χ0) is 22.7. The van der Waals surface area contributed by atoms with Crippen molar-refractivity contribution in [3.8, 4) is 0 Å². The second kappa shape index (κ2) is 9.60. The second-order valence-corrected chi connectivity index (χ2v) is 9.26. The van der Waals surface area contributed by atoms with E-state index in [-0.39, 0.29) is 11.9 Å². The van der Waals surface area contributed by atoms with E-state index in [0.29, 0.717) is 12.1 Å². The van der Waals surface area contributed by atoms with E-state index in [0.717, 1.165) is 41.5 Å². The van der Waals surface area contributed by atoms with Gasteiger partial charge >= 0.3 is 0 Å². The summed E-state index contributed by atoms with van der Waals surface area (Å²) in [5.41, 5.74) is 6.35. The molecule has 2 atom stereocenters. The molecule has 1 aliphatic heterocycles. The summed E-state index contributed by atoms with van der Waals surface area (Å²) in [5.74, 6) is 0.699. The molecule has 0 unspecified atom stereocenters. The number of piperidine rings is 1. The maximum atomic E-state index is 12.8. The van der Waals surface area contributed by atoms with Crippen molar-refractivity contribution in [2.75, 3.05) is 18.0 Å². The van der Waals surface area contributed by atoms with Gasteiger partial charge in [0, 0.05) is 30.0 Å². The molecule has 32 heavy (non-hydrogen) atoms. The van der Waals surface area contributed by atoms with Crippen LogP contribution in [-0.4, -0.2) is 28.8 Å². The molecule has 2 aromatic carbocycles. The molecule has 0 aliphatic carbocycles. The molecule has 5 heteroatoms. The fourth-order valence-electron chi connectivity index (χ4n) is 4.53. The number of carbonyl (C=O) groups is 1. The second-order valence-electron chi connectivity index (χ2n) is 9.26. The number of rotatable bonds is 6. The minimum Gasteiger partial charge on any atom is -0.371 e. The molecule has 3 aromatic rings. The number of nitrogens with one attached hydrogen (secondary N) is 1. The number of anilines is 1. The summed E-state index contributed by atoms with van der Waals surface area (Å²) in [5, 5.41) is 7.64. The molecular weight excluding hydrogens is 396 g/mol. The zero-order valence-electron chi connectivity index (χ0n) is 19.6. The Morgan fingerprint density at radius 3 is 2.47 bits per heavy atom. The lowest BCUT2D eigenvalue weighted by atomic mass is 9.99. The van der Waals surface area contributed by atoms with Crippen molar-refractivity contribution in [2.24, 2.45) is 5.92 Å². The summed E-state index contributed by atoms with van der Waals surface area (Å²) in [6.07, 6.45) is 2.58. The van der Waals surface area contributed by atoms with Gasteiger partial charge in [-0.25, -0.2) is 0 Å². The van der Waals surface area contributed by atoms with Crippen molar-refractivity contribution < 1.29 is 4.79 Å². The lowest BCUT2D eigenvalue weighted by molar-refractivity contribution is 0.0940. The van der Waals surface area contributed by atoms with Crippen LogP contribution in [0.2, 0.25) is 0 Å². The SMILES string of the molecule is Cc1cc(C)n(Cc2ccc(C(=O)N[C@@H](C)c3ccc(N4CCC[C@H](C)C4)cc3)cc2)n1. The average molecular weight is 431 g/mol. The van der Waals surface area contributed by atoms with Crippen molar-refractivity contribution in [2.45, 2.75) is 53.1 Å². The molecule has 1 saturated heterocycles. The van der Waals surface area contributed by atoms with Crippen molar-refractivity contribution in [3.63, 3.8) is 0 Å². The van der Waals surface area contributed by atoms with Crippen LogP contribution in [0.4, 0.5) is 5.69 Å². The topological polar surface area (TPSA) is 50.2 Å². The van der Waals surface area contributed by atoms with Gasteiger partial charge in [0.1, 0.15) is 0 Å². The Bertz CT molecular complexity index is 1050. The Balaban J connectivity index is 1.35. The molecule has 2 heterocycles. The van der Waals surface area contributed by atoms with E-state index >= 15 is 0 Å². The van der Waals surface area contributed by atoms with Crippen LogP contribution >= 0.6 is 0 Å². The maximum absolute atomic E-state index is 12.8. The quantitative estimate of drug-likeness (QED) is 0.579. The minimum atomic E-state index is -0.0518. The summed E-state index contributed by atoms with van der Waals surface area (Å²) in [6.45, 7) is 11.4. The largest absolute Gasteiger partial charge is 0.371 e. The standard InChI is InChI=1S/C27H34N4O/c1-19-6-5-15-30(17-19)26-13-11-24(12-14-26)22(4)28-27(32)25-9-7-23(8-10-25)18-31-21(3)16-20(2)29-31/h7-14,16,19,22H,5-6,15,17-18H2,1-4H3,(H,28,32)/t19-,22-/m0/s1. The van der Waals surface area contributed by atoms with Crippen LogP contribution in [0, 0.1) is 19.8 Å². The van der Waals surface area contributed by atoms with Crippen molar-refractivity contribution in [1.82, 2.24) is 15.1 Å². The normalized spacial score (nSPS) is 17.2. The van der Waals surface area contributed by atoms with Crippen LogP contribution < -0.4 is 10.2 Å².